The van der Waals surface area contributed by atoms with Crippen LogP contribution in [0.3, 0.4) is 0 Å². The monoisotopic (exact) mass is 318 g/mol. The second kappa shape index (κ2) is 8.53. The zero-order chi connectivity index (χ0) is 16.7. The van der Waals surface area contributed by atoms with Gasteiger partial charge >= 0.3 is 0 Å². The predicted molar refractivity (Wildman–Crippen MR) is 92.4 cm³/mol. The first kappa shape index (κ1) is 17.3. The Hall–Kier alpha value is -2.08. The number of nitrogens with one attached hydrogen (secondary N) is 2. The second-order valence-electron chi connectivity index (χ2n) is 5.92. The van der Waals surface area contributed by atoms with Crippen molar-refractivity contribution in [2.75, 3.05) is 29.9 Å². The summed E-state index contributed by atoms with van der Waals surface area (Å²) < 4.78 is 0. The van der Waals surface area contributed by atoms with Crippen molar-refractivity contribution in [3.05, 3.63) is 24.3 Å². The molecule has 0 bridgehead atoms. The number of nitrogens with two attached hydrogens (primary N) is 1. The summed E-state index contributed by atoms with van der Waals surface area (Å²) in [5, 5.41) is 5.55. The molecule has 6 heteroatoms. The van der Waals surface area contributed by atoms with Crippen molar-refractivity contribution in [3.63, 3.8) is 0 Å². The summed E-state index contributed by atoms with van der Waals surface area (Å²) in [6.45, 7) is 4.27. The molecular weight excluding hydrogens is 292 g/mol. The third-order valence-electron chi connectivity index (χ3n) is 3.96. The van der Waals surface area contributed by atoms with E-state index in [9.17, 15) is 9.59 Å². The molecule has 1 saturated heterocycles. The van der Waals surface area contributed by atoms with E-state index in [1.54, 1.807) is 6.92 Å². The molecule has 1 aliphatic heterocycles. The van der Waals surface area contributed by atoms with E-state index in [0.29, 0.717) is 19.4 Å². The van der Waals surface area contributed by atoms with Crippen molar-refractivity contribution >= 4 is 23.2 Å². The molecule has 0 aliphatic carbocycles. The van der Waals surface area contributed by atoms with Crippen LogP contribution in [0.4, 0.5) is 11.4 Å². The molecule has 2 amide bonds. The quantitative estimate of drug-likeness (QED) is 0.710. The lowest BCUT2D eigenvalue weighted by molar-refractivity contribution is -0.126. The van der Waals surface area contributed by atoms with Crippen LogP contribution < -0.4 is 21.3 Å². The topological polar surface area (TPSA) is 87.5 Å². The van der Waals surface area contributed by atoms with Gasteiger partial charge in [0.25, 0.3) is 0 Å². The fourth-order valence-electron chi connectivity index (χ4n) is 2.65. The van der Waals surface area contributed by atoms with Gasteiger partial charge in [-0.3, -0.25) is 9.59 Å². The van der Waals surface area contributed by atoms with Crippen molar-refractivity contribution in [2.45, 2.75) is 38.6 Å². The summed E-state index contributed by atoms with van der Waals surface area (Å²) >= 11 is 0. The molecule has 4 N–H and O–H groups in total. The normalized spacial score (nSPS) is 15.3. The summed E-state index contributed by atoms with van der Waals surface area (Å²) in [5.74, 6) is -0.367. The van der Waals surface area contributed by atoms with Gasteiger partial charge in [-0.25, -0.2) is 0 Å². The van der Waals surface area contributed by atoms with E-state index in [1.165, 1.54) is 12.8 Å². The maximum absolute atomic E-state index is 12.2. The van der Waals surface area contributed by atoms with Crippen molar-refractivity contribution in [2.24, 2.45) is 5.73 Å². The molecule has 1 aromatic rings. The number of amides is 2. The molecule has 1 fully saturated rings. The molecule has 0 aromatic heterocycles. The average molecular weight is 318 g/mol. The zero-order valence-electron chi connectivity index (χ0n) is 13.7. The van der Waals surface area contributed by atoms with Gasteiger partial charge in [-0.1, -0.05) is 6.07 Å². The Morgan fingerprint density at radius 3 is 2.74 bits per heavy atom. The molecule has 0 radical (unpaired) electrons. The van der Waals surface area contributed by atoms with E-state index in [4.69, 9.17) is 5.73 Å². The lowest BCUT2D eigenvalue weighted by Gasteiger charge is -2.19. The number of carbonyl (C=O) groups is 2. The predicted octanol–water partition coefficient (Wildman–Crippen LogP) is 1.47. The third kappa shape index (κ3) is 5.25. The van der Waals surface area contributed by atoms with Crippen LogP contribution in [-0.2, 0) is 9.59 Å². The molecule has 1 aromatic carbocycles. The van der Waals surface area contributed by atoms with E-state index in [0.717, 1.165) is 24.5 Å². The SMILES string of the molecule is CC(NC(=O)CCCN)C(=O)Nc1cccc(N2CCCC2)c1. The van der Waals surface area contributed by atoms with Gasteiger partial charge in [0.1, 0.15) is 6.04 Å². The fourth-order valence-corrected chi connectivity index (χ4v) is 2.65. The lowest BCUT2D eigenvalue weighted by Crippen LogP contribution is -2.41. The second-order valence-corrected chi connectivity index (χ2v) is 5.92. The van der Waals surface area contributed by atoms with E-state index >= 15 is 0 Å². The molecule has 6 nitrogen and oxygen atoms in total. The zero-order valence-corrected chi connectivity index (χ0v) is 13.7. The molecule has 23 heavy (non-hydrogen) atoms. The Balaban J connectivity index is 1.89. The minimum absolute atomic E-state index is 0.149. The van der Waals surface area contributed by atoms with Crippen LogP contribution in [0.25, 0.3) is 0 Å². The minimum atomic E-state index is -0.573. The van der Waals surface area contributed by atoms with Crippen LogP contribution in [0.15, 0.2) is 24.3 Å². The number of carbonyl (C=O) groups excluding carboxylic acids is 2. The van der Waals surface area contributed by atoms with Gasteiger partial charge in [0.2, 0.25) is 11.8 Å². The Morgan fingerprint density at radius 2 is 2.04 bits per heavy atom. The third-order valence-corrected chi connectivity index (χ3v) is 3.96. The molecular formula is C17H26N4O2. The number of benzene rings is 1. The lowest BCUT2D eigenvalue weighted by atomic mass is 10.2. The van der Waals surface area contributed by atoms with Gasteiger partial charge < -0.3 is 21.3 Å². The highest BCUT2D eigenvalue weighted by Crippen LogP contribution is 2.23. The van der Waals surface area contributed by atoms with Gasteiger partial charge in [-0.2, -0.15) is 0 Å². The Labute approximate surface area is 137 Å². The summed E-state index contributed by atoms with van der Waals surface area (Å²) in [6, 6.07) is 7.26. The minimum Gasteiger partial charge on any atom is -0.371 e. The highest BCUT2D eigenvalue weighted by molar-refractivity contribution is 5.97. The number of rotatable bonds is 7. The van der Waals surface area contributed by atoms with Gasteiger partial charge in [0.15, 0.2) is 0 Å². The first-order chi connectivity index (χ1) is 11.1. The summed E-state index contributed by atoms with van der Waals surface area (Å²) in [7, 11) is 0. The standard InChI is InChI=1S/C17H26N4O2/c1-13(19-16(22)8-5-9-18)17(23)20-14-6-4-7-15(12-14)21-10-2-3-11-21/h4,6-7,12-13H,2-3,5,8-11,18H2,1H3,(H,19,22)(H,20,23). The van der Waals surface area contributed by atoms with Crippen LogP contribution in [0.2, 0.25) is 0 Å². The number of nitrogens with zero attached hydrogens (tertiary/aromatic N) is 1. The van der Waals surface area contributed by atoms with Crippen molar-refractivity contribution < 1.29 is 9.59 Å². The molecule has 0 saturated carbocycles. The van der Waals surface area contributed by atoms with E-state index in [1.807, 2.05) is 18.2 Å². The molecule has 126 valence electrons. The Bertz CT molecular complexity index is 541. The molecule has 1 heterocycles. The summed E-state index contributed by atoms with van der Waals surface area (Å²) in [5.41, 5.74) is 7.25. The number of anilines is 2. The molecule has 2 rings (SSSR count). The number of hydrogen-bond donors (Lipinski definition) is 3. The van der Waals surface area contributed by atoms with Crippen LogP contribution in [0.1, 0.15) is 32.6 Å². The highest BCUT2D eigenvalue weighted by atomic mass is 16.2. The van der Waals surface area contributed by atoms with E-state index in [-0.39, 0.29) is 11.8 Å². The Kier molecular flexibility index (Phi) is 6.40. The molecule has 1 unspecified atom stereocenters. The average Bonchev–Trinajstić information content (AvgIpc) is 3.07. The van der Waals surface area contributed by atoms with Gasteiger partial charge in [0.05, 0.1) is 0 Å². The van der Waals surface area contributed by atoms with Crippen LogP contribution in [-0.4, -0.2) is 37.5 Å². The first-order valence-corrected chi connectivity index (χ1v) is 8.25. The smallest absolute Gasteiger partial charge is 0.246 e. The van der Waals surface area contributed by atoms with Crippen molar-refractivity contribution in [3.8, 4) is 0 Å². The van der Waals surface area contributed by atoms with Crippen molar-refractivity contribution in [1.82, 2.24) is 5.32 Å². The van der Waals surface area contributed by atoms with Crippen LogP contribution in [0.5, 0.6) is 0 Å². The van der Waals surface area contributed by atoms with Crippen molar-refractivity contribution in [1.29, 1.82) is 0 Å². The van der Waals surface area contributed by atoms with Gasteiger partial charge in [-0.15, -0.1) is 0 Å². The molecule has 0 spiro atoms. The summed E-state index contributed by atoms with van der Waals surface area (Å²) in [6.07, 6.45) is 3.39. The molecule has 1 atom stereocenters. The van der Waals surface area contributed by atoms with Gasteiger partial charge in [-0.05, 0) is 50.9 Å². The largest absolute Gasteiger partial charge is 0.371 e. The maximum atomic E-state index is 12.2. The van der Waals surface area contributed by atoms with E-state index < -0.39 is 6.04 Å². The van der Waals surface area contributed by atoms with Crippen LogP contribution >= 0.6 is 0 Å². The van der Waals surface area contributed by atoms with Crippen LogP contribution in [0, 0.1) is 0 Å². The summed E-state index contributed by atoms with van der Waals surface area (Å²) in [4.78, 5) is 26.1. The maximum Gasteiger partial charge on any atom is 0.246 e. The fraction of sp³-hybridized carbons (Fsp3) is 0.529. The number of hydrogen-bond acceptors (Lipinski definition) is 4. The van der Waals surface area contributed by atoms with Gasteiger partial charge in [0, 0.05) is 30.9 Å². The Morgan fingerprint density at radius 1 is 1.30 bits per heavy atom. The first-order valence-electron chi connectivity index (χ1n) is 8.25. The highest BCUT2D eigenvalue weighted by Gasteiger charge is 2.16. The van der Waals surface area contributed by atoms with E-state index in [2.05, 4.69) is 21.6 Å². The molecule has 1 aliphatic rings.